The number of sulfonamides is 1. The van der Waals surface area contributed by atoms with E-state index in [1.165, 1.54) is 38.4 Å². The highest BCUT2D eigenvalue weighted by Gasteiger charge is 2.19. The molecule has 0 aliphatic heterocycles. The van der Waals surface area contributed by atoms with E-state index in [1.54, 1.807) is 0 Å². The molecule has 3 aromatic rings. The van der Waals surface area contributed by atoms with Crippen molar-refractivity contribution >= 4 is 26.8 Å². The highest BCUT2D eigenvalue weighted by molar-refractivity contribution is 7.89. The number of amides is 1. The molecule has 7 nitrogen and oxygen atoms in total. The van der Waals surface area contributed by atoms with Crippen LogP contribution >= 0.6 is 0 Å². The van der Waals surface area contributed by atoms with Gasteiger partial charge in [-0.1, -0.05) is 18.2 Å². The summed E-state index contributed by atoms with van der Waals surface area (Å²) in [6.07, 6.45) is 0.992. The second kappa shape index (κ2) is 7.75. The molecule has 8 heteroatoms. The molecule has 0 aliphatic carbocycles. The Morgan fingerprint density at radius 1 is 1.14 bits per heavy atom. The summed E-state index contributed by atoms with van der Waals surface area (Å²) < 4.78 is 27.2. The van der Waals surface area contributed by atoms with Gasteiger partial charge in [0.05, 0.1) is 11.0 Å². The third-order valence-electron chi connectivity index (χ3n) is 4.64. The third-order valence-corrected chi connectivity index (χ3v) is 6.47. The van der Waals surface area contributed by atoms with Crippen molar-refractivity contribution in [3.63, 3.8) is 0 Å². The lowest BCUT2D eigenvalue weighted by atomic mass is 10.1. The molecule has 0 radical (unpaired) electrons. The van der Waals surface area contributed by atoms with E-state index in [-0.39, 0.29) is 17.3 Å². The number of fused-ring (bicyclic) bond motifs is 1. The molecule has 0 spiro atoms. The molecule has 1 unspecified atom stereocenters. The zero-order chi connectivity index (χ0) is 20.5. The smallest absolute Gasteiger partial charge is 0.251 e. The van der Waals surface area contributed by atoms with Gasteiger partial charge in [-0.15, -0.1) is 0 Å². The van der Waals surface area contributed by atoms with Crippen molar-refractivity contribution in [1.82, 2.24) is 14.2 Å². The van der Waals surface area contributed by atoms with Crippen molar-refractivity contribution in [2.24, 2.45) is 7.05 Å². The number of hydrogen-bond acceptors (Lipinski definition) is 4. The first-order valence-electron chi connectivity index (χ1n) is 8.74. The van der Waals surface area contributed by atoms with Crippen LogP contribution in [0.25, 0.3) is 10.9 Å². The van der Waals surface area contributed by atoms with Crippen LogP contribution in [0.3, 0.4) is 0 Å². The number of aromatic nitrogens is 1. The van der Waals surface area contributed by atoms with Gasteiger partial charge in [0.1, 0.15) is 0 Å². The van der Waals surface area contributed by atoms with E-state index >= 15 is 0 Å². The van der Waals surface area contributed by atoms with Crippen molar-refractivity contribution in [2.45, 2.75) is 11.0 Å². The minimum absolute atomic E-state index is 0.0462. The maximum Gasteiger partial charge on any atom is 0.251 e. The van der Waals surface area contributed by atoms with Crippen LogP contribution in [0.4, 0.5) is 0 Å². The average Bonchev–Trinajstić information content (AvgIpc) is 3.03. The Bertz CT molecular complexity index is 1100. The summed E-state index contributed by atoms with van der Waals surface area (Å²) >= 11 is 0. The Balaban J connectivity index is 1.70. The molecule has 0 saturated heterocycles. The molecule has 28 heavy (non-hydrogen) atoms. The summed E-state index contributed by atoms with van der Waals surface area (Å²) in [5.41, 5.74) is 2.06. The Morgan fingerprint density at radius 2 is 1.79 bits per heavy atom. The van der Waals surface area contributed by atoms with Gasteiger partial charge in [-0.3, -0.25) is 4.79 Å². The first-order valence-corrected chi connectivity index (χ1v) is 10.2. The predicted octanol–water partition coefficient (Wildman–Crippen LogP) is 1.89. The molecular weight excluding hydrogens is 378 g/mol. The first-order chi connectivity index (χ1) is 13.2. The lowest BCUT2D eigenvalue weighted by molar-refractivity contribution is 0.0917. The fourth-order valence-electron chi connectivity index (χ4n) is 3.03. The minimum Gasteiger partial charge on any atom is -0.386 e. The minimum atomic E-state index is -3.54. The fraction of sp³-hybridized carbons (Fsp3) is 0.250. The number of rotatable bonds is 6. The third kappa shape index (κ3) is 3.80. The summed E-state index contributed by atoms with van der Waals surface area (Å²) in [6, 6.07) is 13.4. The number of benzene rings is 2. The van der Waals surface area contributed by atoms with Crippen LogP contribution in [0.5, 0.6) is 0 Å². The molecular formula is C20H23N3O4S. The zero-order valence-electron chi connectivity index (χ0n) is 16.0. The van der Waals surface area contributed by atoms with Crippen LogP contribution in [-0.2, 0) is 17.1 Å². The molecule has 3 rings (SSSR count). The standard InChI is InChI=1S/C20H23N3O4S/c1-22(2)28(26,27)15-10-8-14(9-11-15)20(25)21-12-19(24)17-13-23(3)18-7-5-4-6-16(17)18/h4-11,13,19,24H,12H2,1-3H3,(H,21,25). The molecule has 2 N–H and O–H groups in total. The van der Waals surface area contributed by atoms with Crippen molar-refractivity contribution in [2.75, 3.05) is 20.6 Å². The molecule has 0 aliphatic rings. The largest absolute Gasteiger partial charge is 0.386 e. The van der Waals surface area contributed by atoms with Crippen LogP contribution in [-0.4, -0.2) is 48.9 Å². The molecule has 0 saturated carbocycles. The number of aliphatic hydroxyl groups excluding tert-OH is 1. The summed E-state index contributed by atoms with van der Waals surface area (Å²) in [7, 11) is 1.26. The summed E-state index contributed by atoms with van der Waals surface area (Å²) in [5, 5.41) is 14.2. The van der Waals surface area contributed by atoms with Crippen LogP contribution in [0.15, 0.2) is 59.6 Å². The number of hydrogen-bond donors (Lipinski definition) is 2. The number of nitrogens with one attached hydrogen (secondary N) is 1. The van der Waals surface area contributed by atoms with Gasteiger partial charge < -0.3 is 15.0 Å². The van der Waals surface area contributed by atoms with Crippen molar-refractivity contribution < 1.29 is 18.3 Å². The monoisotopic (exact) mass is 401 g/mol. The van der Waals surface area contributed by atoms with Gasteiger partial charge in [0.25, 0.3) is 5.91 Å². The van der Waals surface area contributed by atoms with Gasteiger partial charge in [-0.25, -0.2) is 12.7 Å². The molecule has 0 fully saturated rings. The SMILES string of the molecule is CN(C)S(=O)(=O)c1ccc(C(=O)NCC(O)c2cn(C)c3ccccc23)cc1. The topological polar surface area (TPSA) is 91.6 Å². The molecule has 1 heterocycles. The lowest BCUT2D eigenvalue weighted by Gasteiger charge is -2.13. The number of aryl methyl sites for hydroxylation is 1. The normalized spacial score (nSPS) is 13.0. The number of carbonyl (C=O) groups excluding carboxylic acids is 1. The Labute approximate surface area is 164 Å². The highest BCUT2D eigenvalue weighted by Crippen LogP contribution is 2.25. The second-order valence-electron chi connectivity index (χ2n) is 6.75. The van der Waals surface area contributed by atoms with Crippen LogP contribution in [0.2, 0.25) is 0 Å². The van der Waals surface area contributed by atoms with Crippen molar-refractivity contribution in [1.29, 1.82) is 0 Å². The maximum absolute atomic E-state index is 12.4. The maximum atomic E-state index is 12.4. The van der Waals surface area contributed by atoms with E-state index < -0.39 is 16.1 Å². The molecule has 1 atom stereocenters. The Hall–Kier alpha value is -2.68. The van der Waals surface area contributed by atoms with Crippen LogP contribution in [0.1, 0.15) is 22.0 Å². The van der Waals surface area contributed by atoms with Crippen LogP contribution < -0.4 is 5.32 Å². The van der Waals surface area contributed by atoms with E-state index in [9.17, 15) is 18.3 Å². The molecule has 148 valence electrons. The quantitative estimate of drug-likeness (QED) is 0.660. The van der Waals surface area contributed by atoms with Gasteiger partial charge in [0.2, 0.25) is 10.0 Å². The van der Waals surface area contributed by atoms with Crippen molar-refractivity contribution in [3.8, 4) is 0 Å². The van der Waals surface area contributed by atoms with E-state index in [4.69, 9.17) is 0 Å². The predicted molar refractivity (Wildman–Crippen MR) is 108 cm³/mol. The number of para-hydroxylation sites is 1. The Morgan fingerprint density at radius 3 is 2.43 bits per heavy atom. The zero-order valence-corrected chi connectivity index (χ0v) is 16.8. The lowest BCUT2D eigenvalue weighted by Crippen LogP contribution is -2.28. The number of aliphatic hydroxyl groups is 1. The summed E-state index contributed by atoms with van der Waals surface area (Å²) in [6.45, 7) is 0.0462. The first kappa shape index (κ1) is 20.1. The Kier molecular flexibility index (Phi) is 5.55. The fourth-order valence-corrected chi connectivity index (χ4v) is 3.93. The van der Waals surface area contributed by atoms with E-state index in [0.29, 0.717) is 5.56 Å². The van der Waals surface area contributed by atoms with Crippen molar-refractivity contribution in [3.05, 3.63) is 65.9 Å². The second-order valence-corrected chi connectivity index (χ2v) is 8.90. The molecule has 2 aromatic carbocycles. The van der Waals surface area contributed by atoms with Gasteiger partial charge in [-0.2, -0.15) is 0 Å². The molecule has 0 bridgehead atoms. The van der Waals surface area contributed by atoms with E-state index in [1.807, 2.05) is 42.1 Å². The van der Waals surface area contributed by atoms with Gasteiger partial charge in [0.15, 0.2) is 0 Å². The molecule has 1 amide bonds. The van der Waals surface area contributed by atoms with E-state index in [0.717, 1.165) is 20.8 Å². The average molecular weight is 401 g/mol. The van der Waals surface area contributed by atoms with Crippen LogP contribution in [0, 0.1) is 0 Å². The van der Waals surface area contributed by atoms with Gasteiger partial charge in [-0.05, 0) is 30.3 Å². The summed E-state index contributed by atoms with van der Waals surface area (Å²) in [5.74, 6) is -0.381. The van der Waals surface area contributed by atoms with E-state index in [2.05, 4.69) is 5.32 Å². The highest BCUT2D eigenvalue weighted by atomic mass is 32.2. The number of carbonyl (C=O) groups is 1. The molecule has 1 aromatic heterocycles. The van der Waals surface area contributed by atoms with Gasteiger partial charge >= 0.3 is 0 Å². The summed E-state index contributed by atoms with van der Waals surface area (Å²) in [4.78, 5) is 12.5. The number of nitrogens with zero attached hydrogens (tertiary/aromatic N) is 2. The van der Waals surface area contributed by atoms with Gasteiger partial charge in [0, 0.05) is 55.9 Å².